The molecule has 0 aliphatic heterocycles. The van der Waals surface area contributed by atoms with E-state index in [0.717, 1.165) is 11.1 Å². The van der Waals surface area contributed by atoms with E-state index in [1.165, 1.54) is 0 Å². The molecule has 0 heterocycles. The van der Waals surface area contributed by atoms with Crippen LogP contribution in [0, 0.1) is 0 Å². The van der Waals surface area contributed by atoms with Gasteiger partial charge >= 0.3 is 0 Å². The van der Waals surface area contributed by atoms with Gasteiger partial charge < -0.3 is 9.84 Å². The second kappa shape index (κ2) is 6.18. The van der Waals surface area contributed by atoms with E-state index in [9.17, 15) is 5.11 Å². The molecule has 0 bridgehead atoms. The Kier molecular flexibility index (Phi) is 4.30. The smallest absolute Gasteiger partial charge is 0.159 e. The van der Waals surface area contributed by atoms with Gasteiger partial charge in [0.2, 0.25) is 0 Å². The first kappa shape index (κ1) is 11.8. The molecule has 1 unspecified atom stereocenters. The van der Waals surface area contributed by atoms with E-state index in [2.05, 4.69) is 0 Å². The first-order valence-electron chi connectivity index (χ1n) is 5.72. The van der Waals surface area contributed by atoms with E-state index in [4.69, 9.17) is 4.74 Å². The molecule has 2 aromatic carbocycles. The van der Waals surface area contributed by atoms with Gasteiger partial charge in [0.05, 0.1) is 6.61 Å². The van der Waals surface area contributed by atoms with Gasteiger partial charge in [-0.3, -0.25) is 0 Å². The lowest BCUT2D eigenvalue weighted by Gasteiger charge is -2.12. The highest BCUT2D eigenvalue weighted by atomic mass is 16.6. The maximum Gasteiger partial charge on any atom is 0.159 e. The van der Waals surface area contributed by atoms with Crippen molar-refractivity contribution < 1.29 is 9.84 Å². The molecule has 2 aromatic rings. The van der Waals surface area contributed by atoms with Crippen LogP contribution in [0.1, 0.15) is 11.1 Å². The van der Waals surface area contributed by atoms with Crippen molar-refractivity contribution in [3.63, 3.8) is 0 Å². The minimum Gasteiger partial charge on any atom is -0.368 e. The third-order valence-electron chi connectivity index (χ3n) is 2.54. The highest BCUT2D eigenvalue weighted by Gasteiger charge is 2.05. The van der Waals surface area contributed by atoms with Crippen molar-refractivity contribution in [1.29, 1.82) is 0 Å². The van der Waals surface area contributed by atoms with Crippen LogP contribution in [0.4, 0.5) is 0 Å². The van der Waals surface area contributed by atoms with Crippen LogP contribution in [-0.4, -0.2) is 11.4 Å². The lowest BCUT2D eigenvalue weighted by Crippen LogP contribution is -2.14. The third kappa shape index (κ3) is 4.02. The molecule has 0 aromatic heterocycles. The number of aliphatic hydroxyl groups excluding tert-OH is 1. The quantitative estimate of drug-likeness (QED) is 0.797. The molecule has 0 saturated carbocycles. The first-order valence-corrected chi connectivity index (χ1v) is 5.72. The van der Waals surface area contributed by atoms with Crippen LogP contribution < -0.4 is 0 Å². The average Bonchev–Trinajstić information content (AvgIpc) is 2.39. The summed E-state index contributed by atoms with van der Waals surface area (Å²) >= 11 is 0. The van der Waals surface area contributed by atoms with Crippen LogP contribution in [0.25, 0.3) is 0 Å². The van der Waals surface area contributed by atoms with Crippen molar-refractivity contribution in [1.82, 2.24) is 0 Å². The standard InChI is InChI=1S/C15H16O2/c16-15(11-13-7-3-1-4-8-13)17-12-14-9-5-2-6-10-14/h1-10,15-16H,11-12H2. The number of ether oxygens (including phenoxy) is 1. The Hall–Kier alpha value is -1.64. The Morgan fingerprint density at radius 2 is 1.35 bits per heavy atom. The minimum absolute atomic E-state index is 0.439. The summed E-state index contributed by atoms with van der Waals surface area (Å²) in [7, 11) is 0. The molecule has 2 heteroatoms. The van der Waals surface area contributed by atoms with Crippen LogP contribution in [0.2, 0.25) is 0 Å². The maximum absolute atomic E-state index is 9.74. The van der Waals surface area contributed by atoms with Gasteiger partial charge in [-0.15, -0.1) is 0 Å². The molecular weight excluding hydrogens is 212 g/mol. The predicted octanol–water partition coefficient (Wildman–Crippen LogP) is 2.76. The molecule has 0 radical (unpaired) electrons. The van der Waals surface area contributed by atoms with Gasteiger partial charge in [-0.2, -0.15) is 0 Å². The lowest BCUT2D eigenvalue weighted by molar-refractivity contribution is -0.106. The zero-order valence-electron chi connectivity index (χ0n) is 9.62. The largest absolute Gasteiger partial charge is 0.368 e. The minimum atomic E-state index is -0.752. The fraction of sp³-hybridized carbons (Fsp3) is 0.200. The van der Waals surface area contributed by atoms with E-state index < -0.39 is 6.29 Å². The second-order valence-electron chi connectivity index (χ2n) is 3.94. The van der Waals surface area contributed by atoms with E-state index in [1.807, 2.05) is 60.7 Å². The normalized spacial score (nSPS) is 12.3. The van der Waals surface area contributed by atoms with Crippen molar-refractivity contribution in [2.45, 2.75) is 19.3 Å². The SMILES string of the molecule is OC(Cc1ccccc1)OCc1ccccc1. The highest BCUT2D eigenvalue weighted by Crippen LogP contribution is 2.07. The van der Waals surface area contributed by atoms with Crippen LogP contribution >= 0.6 is 0 Å². The van der Waals surface area contributed by atoms with Gasteiger partial charge in [0.1, 0.15) is 0 Å². The highest BCUT2D eigenvalue weighted by molar-refractivity contribution is 5.15. The summed E-state index contributed by atoms with van der Waals surface area (Å²) < 4.78 is 5.39. The number of aliphatic hydroxyl groups is 1. The van der Waals surface area contributed by atoms with Crippen LogP contribution in [0.5, 0.6) is 0 Å². The van der Waals surface area contributed by atoms with E-state index in [0.29, 0.717) is 13.0 Å². The van der Waals surface area contributed by atoms with Crippen LogP contribution in [0.3, 0.4) is 0 Å². The Bertz CT molecular complexity index is 425. The molecule has 2 rings (SSSR count). The molecule has 2 nitrogen and oxygen atoms in total. The van der Waals surface area contributed by atoms with Gasteiger partial charge in [-0.25, -0.2) is 0 Å². The number of rotatable bonds is 5. The van der Waals surface area contributed by atoms with Crippen molar-refractivity contribution >= 4 is 0 Å². The maximum atomic E-state index is 9.74. The fourth-order valence-corrected chi connectivity index (χ4v) is 1.64. The van der Waals surface area contributed by atoms with Crippen molar-refractivity contribution in [2.75, 3.05) is 0 Å². The fourth-order valence-electron chi connectivity index (χ4n) is 1.64. The molecule has 0 amide bonds. The summed E-state index contributed by atoms with van der Waals surface area (Å²) in [5, 5.41) is 9.74. The summed E-state index contributed by atoms with van der Waals surface area (Å²) in [5.74, 6) is 0. The van der Waals surface area contributed by atoms with Crippen molar-refractivity contribution in [3.8, 4) is 0 Å². The third-order valence-corrected chi connectivity index (χ3v) is 2.54. The Labute approximate surface area is 101 Å². The molecule has 0 aliphatic rings. The molecule has 0 fully saturated rings. The topological polar surface area (TPSA) is 29.5 Å². The first-order chi connectivity index (χ1) is 8.34. The Morgan fingerprint density at radius 3 is 1.94 bits per heavy atom. The van der Waals surface area contributed by atoms with E-state index in [-0.39, 0.29) is 0 Å². The van der Waals surface area contributed by atoms with Gasteiger partial charge in [0.15, 0.2) is 6.29 Å². The molecule has 0 spiro atoms. The molecular formula is C15H16O2. The number of hydrogen-bond acceptors (Lipinski definition) is 2. The summed E-state index contributed by atoms with van der Waals surface area (Å²) in [6.07, 6.45) is -0.231. The predicted molar refractivity (Wildman–Crippen MR) is 67.4 cm³/mol. The number of benzene rings is 2. The van der Waals surface area contributed by atoms with Crippen LogP contribution in [0.15, 0.2) is 60.7 Å². The summed E-state index contributed by atoms with van der Waals surface area (Å²) in [5.41, 5.74) is 2.15. The second-order valence-corrected chi connectivity index (χ2v) is 3.94. The zero-order valence-corrected chi connectivity index (χ0v) is 9.62. The molecule has 0 aliphatic carbocycles. The van der Waals surface area contributed by atoms with Gasteiger partial charge in [-0.1, -0.05) is 60.7 Å². The van der Waals surface area contributed by atoms with Crippen LogP contribution in [-0.2, 0) is 17.8 Å². The molecule has 17 heavy (non-hydrogen) atoms. The zero-order chi connectivity index (χ0) is 11.9. The summed E-state index contributed by atoms with van der Waals surface area (Å²) in [6.45, 7) is 0.439. The molecule has 1 atom stereocenters. The van der Waals surface area contributed by atoms with Gasteiger partial charge in [0, 0.05) is 6.42 Å². The monoisotopic (exact) mass is 228 g/mol. The summed E-state index contributed by atoms with van der Waals surface area (Å²) in [4.78, 5) is 0. The van der Waals surface area contributed by atoms with Gasteiger partial charge in [-0.05, 0) is 11.1 Å². The lowest BCUT2D eigenvalue weighted by atomic mass is 10.1. The number of hydrogen-bond donors (Lipinski definition) is 1. The van der Waals surface area contributed by atoms with Crippen molar-refractivity contribution in [3.05, 3.63) is 71.8 Å². The molecule has 1 N–H and O–H groups in total. The Morgan fingerprint density at radius 1 is 0.824 bits per heavy atom. The molecule has 88 valence electrons. The van der Waals surface area contributed by atoms with Crippen molar-refractivity contribution in [2.24, 2.45) is 0 Å². The van der Waals surface area contributed by atoms with E-state index in [1.54, 1.807) is 0 Å². The van der Waals surface area contributed by atoms with Gasteiger partial charge in [0.25, 0.3) is 0 Å². The Balaban J connectivity index is 1.80. The van der Waals surface area contributed by atoms with E-state index >= 15 is 0 Å². The average molecular weight is 228 g/mol. The molecule has 0 saturated heterocycles. The summed E-state index contributed by atoms with van der Waals surface area (Å²) in [6, 6.07) is 19.7.